The summed E-state index contributed by atoms with van der Waals surface area (Å²) in [6.45, 7) is -0.249. The third-order valence-corrected chi connectivity index (χ3v) is 3.49. The summed E-state index contributed by atoms with van der Waals surface area (Å²) in [6, 6.07) is 11.5. The Bertz CT molecular complexity index is 773. The van der Waals surface area contributed by atoms with Crippen molar-refractivity contribution in [2.24, 2.45) is 0 Å². The van der Waals surface area contributed by atoms with E-state index in [1.54, 1.807) is 36.4 Å². The molecule has 1 heterocycles. The van der Waals surface area contributed by atoms with Gasteiger partial charge in [-0.05, 0) is 18.2 Å². The fraction of sp³-hybridized carbons (Fsp3) is 0.188. The third kappa shape index (κ3) is 4.69. The molecule has 0 fully saturated rings. The average Bonchev–Trinajstić information content (AvgIpc) is 2.51. The van der Waals surface area contributed by atoms with Gasteiger partial charge < -0.3 is 14.8 Å². The molecule has 2 aromatic rings. The fourth-order valence-corrected chi connectivity index (χ4v) is 2.10. The van der Waals surface area contributed by atoms with Crippen molar-refractivity contribution in [3.63, 3.8) is 0 Å². The number of anilines is 1. The van der Waals surface area contributed by atoms with E-state index < -0.39 is 0 Å². The minimum atomic E-state index is -0.366. The van der Waals surface area contributed by atoms with E-state index >= 15 is 0 Å². The van der Waals surface area contributed by atoms with Crippen molar-refractivity contribution in [2.45, 2.75) is 6.54 Å². The first-order valence-electron chi connectivity index (χ1n) is 6.91. The maximum Gasteiger partial charge on any atom is 0.250 e. The Morgan fingerprint density at radius 1 is 1.17 bits per heavy atom. The number of carbonyl (C=O) groups is 2. The Morgan fingerprint density at radius 3 is 2.57 bits per heavy atom. The standard InChI is InChI=1S/C16H16ClN3O3/c1-19(16(23)11-20-9-5-4-8-15(20)22)10-14(21)18-13-7-3-2-6-12(13)17/h2-9H,10-11H2,1H3,(H,18,21). The van der Waals surface area contributed by atoms with Crippen LogP contribution in [0.25, 0.3) is 0 Å². The Kier molecular flexibility index (Phi) is 5.54. The lowest BCUT2D eigenvalue weighted by Gasteiger charge is -2.17. The van der Waals surface area contributed by atoms with Gasteiger partial charge in [0.1, 0.15) is 6.54 Å². The van der Waals surface area contributed by atoms with Crippen LogP contribution in [0.3, 0.4) is 0 Å². The number of hydrogen-bond acceptors (Lipinski definition) is 3. The molecule has 7 heteroatoms. The molecule has 1 aromatic heterocycles. The molecule has 120 valence electrons. The summed E-state index contributed by atoms with van der Waals surface area (Å²) in [5.74, 6) is -0.707. The largest absolute Gasteiger partial charge is 0.335 e. The highest BCUT2D eigenvalue weighted by Crippen LogP contribution is 2.20. The average molecular weight is 334 g/mol. The fourth-order valence-electron chi connectivity index (χ4n) is 1.91. The number of nitrogens with one attached hydrogen (secondary N) is 1. The summed E-state index contributed by atoms with van der Waals surface area (Å²) in [4.78, 5) is 36.9. The third-order valence-electron chi connectivity index (χ3n) is 3.16. The summed E-state index contributed by atoms with van der Waals surface area (Å²) in [6.07, 6.45) is 1.53. The van der Waals surface area contributed by atoms with Crippen LogP contribution in [-0.2, 0) is 16.1 Å². The Balaban J connectivity index is 1.93. The van der Waals surface area contributed by atoms with E-state index in [0.29, 0.717) is 10.7 Å². The molecule has 0 saturated heterocycles. The predicted octanol–water partition coefficient (Wildman–Crippen LogP) is 1.60. The second kappa shape index (κ2) is 7.60. The molecule has 0 aliphatic carbocycles. The molecule has 0 spiro atoms. The van der Waals surface area contributed by atoms with Crippen LogP contribution in [0, 0.1) is 0 Å². The zero-order valence-electron chi connectivity index (χ0n) is 12.5. The van der Waals surface area contributed by atoms with Gasteiger partial charge in [0, 0.05) is 19.3 Å². The monoisotopic (exact) mass is 333 g/mol. The maximum absolute atomic E-state index is 12.1. The van der Waals surface area contributed by atoms with Crippen molar-refractivity contribution in [3.05, 3.63) is 64.0 Å². The van der Waals surface area contributed by atoms with Crippen molar-refractivity contribution < 1.29 is 9.59 Å². The first kappa shape index (κ1) is 16.8. The van der Waals surface area contributed by atoms with Gasteiger partial charge >= 0.3 is 0 Å². The molecule has 1 aromatic carbocycles. The molecule has 2 amide bonds. The molecule has 0 bridgehead atoms. The molecule has 0 saturated carbocycles. The lowest BCUT2D eigenvalue weighted by atomic mass is 10.3. The highest BCUT2D eigenvalue weighted by molar-refractivity contribution is 6.33. The van der Waals surface area contributed by atoms with Gasteiger partial charge in [-0.3, -0.25) is 14.4 Å². The van der Waals surface area contributed by atoms with Crippen LogP contribution < -0.4 is 10.9 Å². The van der Waals surface area contributed by atoms with Crippen molar-refractivity contribution in [1.82, 2.24) is 9.47 Å². The smallest absolute Gasteiger partial charge is 0.250 e. The molecule has 0 aliphatic heterocycles. The molecule has 0 aliphatic rings. The number of nitrogens with zero attached hydrogens (tertiary/aromatic N) is 2. The summed E-state index contributed by atoms with van der Waals surface area (Å²) < 4.78 is 1.28. The van der Waals surface area contributed by atoms with Gasteiger partial charge in [0.05, 0.1) is 17.3 Å². The van der Waals surface area contributed by atoms with E-state index in [1.165, 1.54) is 28.8 Å². The number of carbonyl (C=O) groups excluding carboxylic acids is 2. The molecule has 1 N–H and O–H groups in total. The van der Waals surface area contributed by atoms with Crippen LogP contribution in [0.1, 0.15) is 0 Å². The van der Waals surface area contributed by atoms with Crippen LogP contribution in [0.5, 0.6) is 0 Å². The zero-order valence-corrected chi connectivity index (χ0v) is 13.3. The van der Waals surface area contributed by atoms with Gasteiger partial charge in [-0.25, -0.2) is 0 Å². The van der Waals surface area contributed by atoms with Gasteiger partial charge in [0.2, 0.25) is 11.8 Å². The van der Waals surface area contributed by atoms with Gasteiger partial charge in [-0.1, -0.05) is 29.8 Å². The Hall–Kier alpha value is -2.60. The molecule has 0 atom stereocenters. The van der Waals surface area contributed by atoms with E-state index in [4.69, 9.17) is 11.6 Å². The number of rotatable bonds is 5. The minimum Gasteiger partial charge on any atom is -0.335 e. The number of amides is 2. The molecule has 0 radical (unpaired) electrons. The van der Waals surface area contributed by atoms with E-state index in [1.807, 2.05) is 0 Å². The quantitative estimate of drug-likeness (QED) is 0.903. The molecule has 0 unspecified atom stereocenters. The minimum absolute atomic E-state index is 0.116. The number of para-hydroxylation sites is 1. The summed E-state index contributed by atoms with van der Waals surface area (Å²) in [5, 5.41) is 3.06. The highest BCUT2D eigenvalue weighted by Gasteiger charge is 2.14. The summed E-state index contributed by atoms with van der Waals surface area (Å²) in [5.41, 5.74) is 0.217. The number of aromatic nitrogens is 1. The number of benzene rings is 1. The van der Waals surface area contributed by atoms with Crippen LogP contribution in [-0.4, -0.2) is 34.9 Å². The lowest BCUT2D eigenvalue weighted by Crippen LogP contribution is -2.38. The maximum atomic E-state index is 12.1. The van der Waals surface area contributed by atoms with Crippen LogP contribution >= 0.6 is 11.6 Å². The Morgan fingerprint density at radius 2 is 1.87 bits per heavy atom. The molecule has 6 nitrogen and oxygen atoms in total. The molecule has 23 heavy (non-hydrogen) atoms. The Labute approximate surface area is 138 Å². The van der Waals surface area contributed by atoms with Gasteiger partial charge in [-0.15, -0.1) is 0 Å². The van der Waals surface area contributed by atoms with Crippen molar-refractivity contribution in [3.8, 4) is 0 Å². The van der Waals surface area contributed by atoms with Crippen molar-refractivity contribution in [2.75, 3.05) is 18.9 Å². The van der Waals surface area contributed by atoms with E-state index in [2.05, 4.69) is 5.32 Å². The van der Waals surface area contributed by atoms with Crippen LogP contribution in [0.15, 0.2) is 53.5 Å². The van der Waals surface area contributed by atoms with Gasteiger partial charge in [-0.2, -0.15) is 0 Å². The number of likely N-dealkylation sites (N-methyl/N-ethyl adjacent to an activating group) is 1. The topological polar surface area (TPSA) is 71.4 Å². The number of halogens is 1. The summed E-state index contributed by atoms with van der Waals surface area (Å²) in [7, 11) is 1.50. The number of pyridine rings is 1. The highest BCUT2D eigenvalue weighted by atomic mass is 35.5. The van der Waals surface area contributed by atoms with E-state index in [9.17, 15) is 14.4 Å². The van der Waals surface area contributed by atoms with Crippen molar-refractivity contribution >= 4 is 29.1 Å². The molecule has 2 rings (SSSR count). The first-order valence-corrected chi connectivity index (χ1v) is 7.29. The predicted molar refractivity (Wildman–Crippen MR) is 88.4 cm³/mol. The summed E-state index contributed by atoms with van der Waals surface area (Å²) >= 11 is 5.96. The zero-order chi connectivity index (χ0) is 16.8. The van der Waals surface area contributed by atoms with Gasteiger partial charge in [0.15, 0.2) is 0 Å². The first-order chi connectivity index (χ1) is 11.0. The lowest BCUT2D eigenvalue weighted by molar-refractivity contribution is -0.133. The SMILES string of the molecule is CN(CC(=O)Nc1ccccc1Cl)C(=O)Cn1ccccc1=O. The second-order valence-electron chi connectivity index (χ2n) is 4.94. The van der Waals surface area contributed by atoms with Crippen molar-refractivity contribution in [1.29, 1.82) is 0 Å². The van der Waals surface area contributed by atoms with Gasteiger partial charge in [0.25, 0.3) is 5.56 Å². The van der Waals surface area contributed by atoms with Crippen LogP contribution in [0.2, 0.25) is 5.02 Å². The molecular weight excluding hydrogens is 318 g/mol. The normalized spacial score (nSPS) is 10.2. The second-order valence-corrected chi connectivity index (χ2v) is 5.35. The van der Waals surface area contributed by atoms with E-state index in [0.717, 1.165) is 0 Å². The number of hydrogen-bond donors (Lipinski definition) is 1. The molecular formula is C16H16ClN3O3. The van der Waals surface area contributed by atoms with E-state index in [-0.39, 0.29) is 30.5 Å². The van der Waals surface area contributed by atoms with Crippen LogP contribution in [0.4, 0.5) is 5.69 Å².